The van der Waals surface area contributed by atoms with E-state index in [1.165, 1.54) is 19.3 Å². The molecule has 0 N–H and O–H groups in total. The number of rotatable bonds is 2. The minimum atomic E-state index is 0.471. The van der Waals surface area contributed by atoms with Gasteiger partial charge in [-0.25, -0.2) is 0 Å². The van der Waals surface area contributed by atoms with Crippen LogP contribution >= 0.6 is 0 Å². The molecular formula is C10H14N4O. The van der Waals surface area contributed by atoms with E-state index in [-0.39, 0.29) is 0 Å². The van der Waals surface area contributed by atoms with Crippen LogP contribution in [0.15, 0.2) is 0 Å². The Kier molecular flexibility index (Phi) is 2.05. The van der Waals surface area contributed by atoms with Crippen molar-refractivity contribution in [2.45, 2.75) is 38.4 Å². The number of carbonyl (C=O) groups is 1. The predicted octanol–water partition coefficient (Wildman–Crippen LogP) is 0.459. The van der Waals surface area contributed by atoms with Gasteiger partial charge in [-0.3, -0.25) is 9.69 Å². The number of nitrogens with zero attached hydrogens (tertiary/aromatic N) is 4. The first-order valence-electron chi connectivity index (χ1n) is 5.50. The van der Waals surface area contributed by atoms with Crippen molar-refractivity contribution in [3.8, 4) is 0 Å². The SMILES string of the molecule is O=Cc1nnc2n1CCN(C1CCC1)C2. The second kappa shape index (κ2) is 3.41. The molecule has 0 radical (unpaired) electrons. The first kappa shape index (κ1) is 9.03. The maximum absolute atomic E-state index is 10.7. The van der Waals surface area contributed by atoms with Gasteiger partial charge in [0.25, 0.3) is 0 Å². The fraction of sp³-hybridized carbons (Fsp3) is 0.700. The van der Waals surface area contributed by atoms with Gasteiger partial charge in [-0.2, -0.15) is 0 Å². The summed E-state index contributed by atoms with van der Waals surface area (Å²) < 4.78 is 1.93. The van der Waals surface area contributed by atoms with Gasteiger partial charge in [0, 0.05) is 19.1 Å². The van der Waals surface area contributed by atoms with Crippen LogP contribution in [0, 0.1) is 0 Å². The van der Waals surface area contributed by atoms with Gasteiger partial charge < -0.3 is 4.57 Å². The third-order valence-electron chi connectivity index (χ3n) is 3.51. The Bertz CT molecular complexity index is 383. The summed E-state index contributed by atoms with van der Waals surface area (Å²) in [6, 6.07) is 0.745. The average Bonchev–Trinajstić information content (AvgIpc) is 2.57. The summed E-state index contributed by atoms with van der Waals surface area (Å²) >= 11 is 0. The number of fused-ring (bicyclic) bond motifs is 1. The summed E-state index contributed by atoms with van der Waals surface area (Å²) in [6.07, 6.45) is 4.77. The zero-order chi connectivity index (χ0) is 10.3. The molecule has 0 saturated heterocycles. The van der Waals surface area contributed by atoms with Gasteiger partial charge in [0.15, 0.2) is 12.1 Å². The van der Waals surface area contributed by atoms with Crippen LogP contribution in [0.2, 0.25) is 0 Å². The molecule has 3 rings (SSSR count). The number of hydrogen-bond donors (Lipinski definition) is 0. The molecule has 0 amide bonds. The van der Waals surface area contributed by atoms with Crippen LogP contribution in [0.25, 0.3) is 0 Å². The van der Waals surface area contributed by atoms with E-state index in [9.17, 15) is 4.79 Å². The zero-order valence-electron chi connectivity index (χ0n) is 8.59. The van der Waals surface area contributed by atoms with Crippen LogP contribution in [0.4, 0.5) is 0 Å². The third-order valence-corrected chi connectivity index (χ3v) is 3.51. The minimum absolute atomic E-state index is 0.471. The molecule has 2 heterocycles. The van der Waals surface area contributed by atoms with Gasteiger partial charge in [-0.15, -0.1) is 10.2 Å². The second-order valence-corrected chi connectivity index (χ2v) is 4.30. The van der Waals surface area contributed by atoms with Crippen LogP contribution < -0.4 is 0 Å². The van der Waals surface area contributed by atoms with Crippen molar-refractivity contribution in [1.29, 1.82) is 0 Å². The number of aromatic nitrogens is 3. The highest BCUT2D eigenvalue weighted by atomic mass is 16.1. The molecule has 5 heteroatoms. The van der Waals surface area contributed by atoms with Crippen molar-refractivity contribution < 1.29 is 4.79 Å². The first-order valence-corrected chi connectivity index (χ1v) is 5.50. The molecule has 1 fully saturated rings. The molecule has 2 aliphatic rings. The Hall–Kier alpha value is -1.23. The van der Waals surface area contributed by atoms with E-state index in [0.717, 1.165) is 37.8 Å². The van der Waals surface area contributed by atoms with Crippen molar-refractivity contribution in [1.82, 2.24) is 19.7 Å². The maximum Gasteiger partial charge on any atom is 0.196 e. The summed E-state index contributed by atoms with van der Waals surface area (Å²) in [6.45, 7) is 2.73. The van der Waals surface area contributed by atoms with Crippen molar-refractivity contribution in [2.75, 3.05) is 6.54 Å². The quantitative estimate of drug-likeness (QED) is 0.660. The topological polar surface area (TPSA) is 51.0 Å². The molecule has 0 spiro atoms. The summed E-state index contributed by atoms with van der Waals surface area (Å²) in [4.78, 5) is 13.1. The fourth-order valence-corrected chi connectivity index (χ4v) is 2.35. The van der Waals surface area contributed by atoms with Crippen LogP contribution in [0.5, 0.6) is 0 Å². The van der Waals surface area contributed by atoms with E-state index >= 15 is 0 Å². The summed E-state index contributed by atoms with van der Waals surface area (Å²) in [7, 11) is 0. The third kappa shape index (κ3) is 1.38. The lowest BCUT2D eigenvalue weighted by Crippen LogP contribution is -2.44. The molecule has 1 aliphatic heterocycles. The standard InChI is InChI=1S/C10H14N4O/c15-7-10-12-11-9-6-13(4-5-14(9)10)8-2-1-3-8/h7-8H,1-6H2. The van der Waals surface area contributed by atoms with Gasteiger partial charge in [0.2, 0.25) is 0 Å². The molecule has 0 aromatic carbocycles. The van der Waals surface area contributed by atoms with Crippen molar-refractivity contribution >= 4 is 6.29 Å². The Morgan fingerprint density at radius 1 is 1.27 bits per heavy atom. The molecule has 80 valence electrons. The van der Waals surface area contributed by atoms with Gasteiger partial charge in [0.05, 0.1) is 6.54 Å². The maximum atomic E-state index is 10.7. The highest BCUT2D eigenvalue weighted by Gasteiger charge is 2.29. The predicted molar refractivity (Wildman–Crippen MR) is 53.5 cm³/mol. The molecule has 1 aromatic rings. The van der Waals surface area contributed by atoms with E-state index in [2.05, 4.69) is 15.1 Å². The summed E-state index contributed by atoms with van der Waals surface area (Å²) in [5, 5.41) is 7.93. The lowest BCUT2D eigenvalue weighted by atomic mass is 9.91. The normalized spacial score (nSPS) is 22.1. The van der Waals surface area contributed by atoms with Gasteiger partial charge in [0.1, 0.15) is 5.82 Å². The van der Waals surface area contributed by atoms with Crippen molar-refractivity contribution in [3.63, 3.8) is 0 Å². The Morgan fingerprint density at radius 3 is 2.80 bits per heavy atom. The van der Waals surface area contributed by atoms with Crippen molar-refractivity contribution in [2.24, 2.45) is 0 Å². The van der Waals surface area contributed by atoms with E-state index in [4.69, 9.17) is 0 Å². The van der Waals surface area contributed by atoms with E-state index in [1.807, 2.05) is 4.57 Å². The second-order valence-electron chi connectivity index (χ2n) is 4.30. The van der Waals surface area contributed by atoms with Crippen molar-refractivity contribution in [3.05, 3.63) is 11.6 Å². The minimum Gasteiger partial charge on any atom is -0.306 e. The molecule has 1 saturated carbocycles. The Morgan fingerprint density at radius 2 is 2.13 bits per heavy atom. The average molecular weight is 206 g/mol. The van der Waals surface area contributed by atoms with Gasteiger partial charge in [-0.1, -0.05) is 6.42 Å². The van der Waals surface area contributed by atoms with Gasteiger partial charge >= 0.3 is 0 Å². The van der Waals surface area contributed by atoms with Crippen LogP contribution in [-0.2, 0) is 13.1 Å². The molecule has 15 heavy (non-hydrogen) atoms. The highest BCUT2D eigenvalue weighted by molar-refractivity contribution is 5.69. The Balaban J connectivity index is 1.80. The van der Waals surface area contributed by atoms with Crippen LogP contribution in [0.3, 0.4) is 0 Å². The molecule has 1 aromatic heterocycles. The van der Waals surface area contributed by atoms with E-state index in [0.29, 0.717) is 5.82 Å². The lowest BCUT2D eigenvalue weighted by Gasteiger charge is -2.39. The lowest BCUT2D eigenvalue weighted by molar-refractivity contribution is 0.0938. The number of hydrogen-bond acceptors (Lipinski definition) is 4. The molecule has 0 unspecified atom stereocenters. The summed E-state index contributed by atoms with van der Waals surface area (Å²) in [5.41, 5.74) is 0. The molecule has 0 bridgehead atoms. The van der Waals surface area contributed by atoms with Gasteiger partial charge in [-0.05, 0) is 12.8 Å². The monoisotopic (exact) mass is 206 g/mol. The smallest absolute Gasteiger partial charge is 0.196 e. The zero-order valence-corrected chi connectivity index (χ0v) is 8.59. The van der Waals surface area contributed by atoms with E-state index in [1.54, 1.807) is 0 Å². The largest absolute Gasteiger partial charge is 0.306 e. The molecule has 0 atom stereocenters. The van der Waals surface area contributed by atoms with E-state index < -0.39 is 0 Å². The highest BCUT2D eigenvalue weighted by Crippen LogP contribution is 2.27. The molecular weight excluding hydrogens is 192 g/mol. The van der Waals surface area contributed by atoms with Crippen LogP contribution in [-0.4, -0.2) is 38.5 Å². The molecule has 5 nitrogen and oxygen atoms in total. The molecule has 1 aliphatic carbocycles. The number of carbonyl (C=O) groups excluding carboxylic acids is 1. The fourth-order valence-electron chi connectivity index (χ4n) is 2.35. The Labute approximate surface area is 88.1 Å². The number of aldehydes is 1. The summed E-state index contributed by atoms with van der Waals surface area (Å²) in [5.74, 6) is 1.41. The van der Waals surface area contributed by atoms with Crippen LogP contribution in [0.1, 0.15) is 35.7 Å². The first-order chi connectivity index (χ1) is 7.38.